The molecular weight excluding hydrogens is 380 g/mol. The van der Waals surface area contributed by atoms with E-state index < -0.39 is 10.0 Å². The van der Waals surface area contributed by atoms with Gasteiger partial charge in [0.1, 0.15) is 5.76 Å². The van der Waals surface area contributed by atoms with Crippen LogP contribution in [0.25, 0.3) is 0 Å². The maximum atomic E-state index is 12.4. The van der Waals surface area contributed by atoms with Gasteiger partial charge in [-0.2, -0.15) is 0 Å². The lowest BCUT2D eigenvalue weighted by molar-refractivity contribution is 0.0953. The van der Waals surface area contributed by atoms with E-state index in [-0.39, 0.29) is 22.1 Å². The van der Waals surface area contributed by atoms with Crippen LogP contribution in [0.2, 0.25) is 0 Å². The smallest absolute Gasteiger partial charge is 0.261 e. The Bertz CT molecular complexity index is 1060. The van der Waals surface area contributed by atoms with Gasteiger partial charge in [0.2, 0.25) is 0 Å². The molecule has 28 heavy (non-hydrogen) atoms. The number of carbonyl (C=O) groups is 1. The Morgan fingerprint density at radius 2 is 1.89 bits per heavy atom. The normalized spacial score (nSPS) is 11.2. The van der Waals surface area contributed by atoms with Crippen molar-refractivity contribution in [1.82, 2.24) is 15.5 Å². The number of pyridine rings is 1. The molecule has 2 N–H and O–H groups in total. The monoisotopic (exact) mass is 400 g/mol. The van der Waals surface area contributed by atoms with Crippen LogP contribution < -0.4 is 10.0 Å². The van der Waals surface area contributed by atoms with E-state index in [0.717, 1.165) is 17.0 Å². The molecule has 0 saturated heterocycles. The van der Waals surface area contributed by atoms with E-state index in [1.165, 1.54) is 30.6 Å². The summed E-state index contributed by atoms with van der Waals surface area (Å²) < 4.78 is 32.3. The lowest BCUT2D eigenvalue weighted by atomic mass is 10.1. The van der Waals surface area contributed by atoms with Crippen molar-refractivity contribution in [3.8, 4) is 0 Å². The number of nitrogens with one attached hydrogen (secondary N) is 2. The summed E-state index contributed by atoms with van der Waals surface area (Å²) in [6.07, 6.45) is 3.31. The molecule has 2 aromatic heterocycles. The van der Waals surface area contributed by atoms with Gasteiger partial charge in [0.15, 0.2) is 0 Å². The first kappa shape index (κ1) is 19.6. The summed E-state index contributed by atoms with van der Waals surface area (Å²) in [6.45, 7) is 4.06. The number of hydrogen-bond donors (Lipinski definition) is 2. The van der Waals surface area contributed by atoms with Crippen LogP contribution in [0.1, 0.15) is 27.4 Å². The molecule has 0 spiro atoms. The second-order valence-corrected chi connectivity index (χ2v) is 7.87. The van der Waals surface area contributed by atoms with Crippen molar-refractivity contribution >= 4 is 21.6 Å². The number of carbonyl (C=O) groups excluding carboxylic acids is 1. The molecule has 2 heterocycles. The number of anilines is 1. The molecule has 3 rings (SSSR count). The number of amides is 1. The zero-order chi connectivity index (χ0) is 20.1. The minimum atomic E-state index is -3.75. The van der Waals surface area contributed by atoms with Gasteiger partial charge in [0.25, 0.3) is 15.9 Å². The third-order valence-electron chi connectivity index (χ3n) is 4.15. The number of aryl methyl sites for hydroxylation is 2. The van der Waals surface area contributed by atoms with Gasteiger partial charge in [0, 0.05) is 18.3 Å². The number of nitrogens with zero attached hydrogens (tertiary/aromatic N) is 2. The van der Waals surface area contributed by atoms with Crippen LogP contribution in [0.4, 0.5) is 5.69 Å². The summed E-state index contributed by atoms with van der Waals surface area (Å²) in [5.74, 6) is 0.380. The SMILES string of the molecule is Cc1noc(C)c1CCNC(=O)c1cncc(NS(=O)(=O)c2ccccc2)c1. The maximum absolute atomic E-state index is 12.4. The first-order valence-electron chi connectivity index (χ1n) is 8.59. The van der Waals surface area contributed by atoms with Crippen molar-refractivity contribution in [2.75, 3.05) is 11.3 Å². The Kier molecular flexibility index (Phi) is 5.74. The molecule has 0 atom stereocenters. The third kappa shape index (κ3) is 4.55. The first-order chi connectivity index (χ1) is 13.4. The highest BCUT2D eigenvalue weighted by atomic mass is 32.2. The molecule has 1 amide bonds. The Hall–Kier alpha value is -3.20. The number of hydrogen-bond acceptors (Lipinski definition) is 6. The summed E-state index contributed by atoms with van der Waals surface area (Å²) in [4.78, 5) is 16.4. The minimum Gasteiger partial charge on any atom is -0.361 e. The molecule has 0 aliphatic rings. The predicted molar refractivity (Wildman–Crippen MR) is 104 cm³/mol. The van der Waals surface area contributed by atoms with Crippen LogP contribution in [-0.4, -0.2) is 31.0 Å². The lowest BCUT2D eigenvalue weighted by Gasteiger charge is -2.09. The summed E-state index contributed by atoms with van der Waals surface area (Å²) in [6, 6.07) is 9.42. The average molecular weight is 400 g/mol. The molecule has 1 aromatic carbocycles. The average Bonchev–Trinajstić information content (AvgIpc) is 3.00. The van der Waals surface area contributed by atoms with Crippen molar-refractivity contribution in [3.05, 3.63) is 71.4 Å². The fourth-order valence-corrected chi connectivity index (χ4v) is 3.75. The van der Waals surface area contributed by atoms with Crippen LogP contribution in [0.15, 0.2) is 58.2 Å². The summed E-state index contributed by atoms with van der Waals surface area (Å²) in [5.41, 5.74) is 2.22. The fourth-order valence-electron chi connectivity index (χ4n) is 2.70. The summed E-state index contributed by atoms with van der Waals surface area (Å²) >= 11 is 0. The van der Waals surface area contributed by atoms with Crippen molar-refractivity contribution in [2.45, 2.75) is 25.2 Å². The van der Waals surface area contributed by atoms with Crippen molar-refractivity contribution in [1.29, 1.82) is 0 Å². The molecule has 0 aliphatic carbocycles. The van der Waals surface area contributed by atoms with E-state index in [4.69, 9.17) is 4.52 Å². The van der Waals surface area contributed by atoms with Crippen LogP contribution >= 0.6 is 0 Å². The second kappa shape index (κ2) is 8.22. The molecule has 0 unspecified atom stereocenters. The van der Waals surface area contributed by atoms with Gasteiger partial charge in [-0.05, 0) is 38.5 Å². The molecule has 9 heteroatoms. The fraction of sp³-hybridized carbons (Fsp3) is 0.211. The van der Waals surface area contributed by atoms with Gasteiger partial charge in [-0.25, -0.2) is 8.42 Å². The van der Waals surface area contributed by atoms with Crippen LogP contribution in [0, 0.1) is 13.8 Å². The predicted octanol–water partition coefficient (Wildman–Crippen LogP) is 2.46. The van der Waals surface area contributed by atoms with Crippen LogP contribution in [0.3, 0.4) is 0 Å². The minimum absolute atomic E-state index is 0.129. The number of sulfonamides is 1. The van der Waals surface area contributed by atoms with Gasteiger partial charge in [-0.15, -0.1) is 0 Å². The first-order valence-corrected chi connectivity index (χ1v) is 10.1. The topological polar surface area (TPSA) is 114 Å². The molecule has 0 aliphatic heterocycles. The molecule has 0 bridgehead atoms. The van der Waals surface area contributed by atoms with Crippen molar-refractivity contribution in [2.24, 2.45) is 0 Å². The number of benzene rings is 1. The Morgan fingerprint density at radius 3 is 2.57 bits per heavy atom. The highest BCUT2D eigenvalue weighted by Crippen LogP contribution is 2.16. The quantitative estimate of drug-likeness (QED) is 0.630. The molecule has 0 radical (unpaired) electrons. The van der Waals surface area contributed by atoms with E-state index in [1.54, 1.807) is 18.2 Å². The van der Waals surface area contributed by atoms with E-state index in [2.05, 4.69) is 20.2 Å². The largest absolute Gasteiger partial charge is 0.361 e. The zero-order valence-corrected chi connectivity index (χ0v) is 16.3. The maximum Gasteiger partial charge on any atom is 0.261 e. The lowest BCUT2D eigenvalue weighted by Crippen LogP contribution is -2.26. The Morgan fingerprint density at radius 1 is 1.14 bits per heavy atom. The van der Waals surface area contributed by atoms with E-state index in [0.29, 0.717) is 13.0 Å². The van der Waals surface area contributed by atoms with Gasteiger partial charge in [-0.1, -0.05) is 23.4 Å². The van der Waals surface area contributed by atoms with Gasteiger partial charge in [-0.3, -0.25) is 14.5 Å². The third-order valence-corrected chi connectivity index (χ3v) is 5.55. The van der Waals surface area contributed by atoms with Crippen LogP contribution in [-0.2, 0) is 16.4 Å². The molecule has 8 nitrogen and oxygen atoms in total. The number of rotatable bonds is 7. The van der Waals surface area contributed by atoms with Crippen molar-refractivity contribution in [3.63, 3.8) is 0 Å². The molecule has 0 fully saturated rings. The highest BCUT2D eigenvalue weighted by Gasteiger charge is 2.15. The standard InChI is InChI=1S/C19H20N4O4S/c1-13-18(14(2)27-22-13)8-9-21-19(24)15-10-16(12-20-11-15)23-28(25,26)17-6-4-3-5-7-17/h3-7,10-12,23H,8-9H2,1-2H3,(H,21,24). The van der Waals surface area contributed by atoms with E-state index in [1.807, 2.05) is 13.8 Å². The molecule has 0 saturated carbocycles. The summed E-state index contributed by atoms with van der Waals surface area (Å²) in [5, 5.41) is 6.67. The van der Waals surface area contributed by atoms with Crippen LogP contribution in [0.5, 0.6) is 0 Å². The Labute approximate surface area is 163 Å². The molecule has 3 aromatic rings. The van der Waals surface area contributed by atoms with Crippen molar-refractivity contribution < 1.29 is 17.7 Å². The highest BCUT2D eigenvalue weighted by molar-refractivity contribution is 7.92. The Balaban J connectivity index is 1.65. The zero-order valence-electron chi connectivity index (χ0n) is 15.5. The number of aromatic nitrogens is 2. The van der Waals surface area contributed by atoms with E-state index >= 15 is 0 Å². The second-order valence-electron chi connectivity index (χ2n) is 6.19. The molecular formula is C19H20N4O4S. The van der Waals surface area contributed by atoms with E-state index in [9.17, 15) is 13.2 Å². The van der Waals surface area contributed by atoms with Gasteiger partial charge < -0.3 is 9.84 Å². The van der Waals surface area contributed by atoms with Gasteiger partial charge >= 0.3 is 0 Å². The molecule has 146 valence electrons. The van der Waals surface area contributed by atoms with Gasteiger partial charge in [0.05, 0.1) is 28.0 Å². The summed E-state index contributed by atoms with van der Waals surface area (Å²) in [7, 11) is -3.75.